The molecule has 20 heavy (non-hydrogen) atoms. The largest absolute Gasteiger partial charge is 0.421 e. The smallest absolute Gasteiger partial charge is 0.247 e. The number of benzene rings is 1. The first-order valence-electron chi connectivity index (χ1n) is 7.04. The van der Waals surface area contributed by atoms with Gasteiger partial charge in [-0.1, -0.05) is 6.07 Å². The summed E-state index contributed by atoms with van der Waals surface area (Å²) in [4.78, 5) is 0. The summed E-state index contributed by atoms with van der Waals surface area (Å²) in [5.41, 5.74) is 1.24. The molecule has 0 saturated heterocycles. The number of aromatic nitrogens is 2. The maximum atomic E-state index is 13.5. The lowest BCUT2D eigenvalue weighted by Gasteiger charge is -2.00. The zero-order chi connectivity index (χ0) is 13.9. The first kappa shape index (κ1) is 13.2. The standard InChI is InChI=1S/C15H18FN3O/c1-10-4-5-11(9-13(10)16)15-19-18-14(20-15)3-2-8-17-12-6-7-12/h4-5,9,12,17H,2-3,6-8H2,1H3. The summed E-state index contributed by atoms with van der Waals surface area (Å²) in [6, 6.07) is 5.67. The normalized spacial score (nSPS) is 14.7. The van der Waals surface area contributed by atoms with Crippen molar-refractivity contribution in [3.63, 3.8) is 0 Å². The van der Waals surface area contributed by atoms with E-state index >= 15 is 0 Å². The van der Waals surface area contributed by atoms with E-state index in [9.17, 15) is 4.39 Å². The Morgan fingerprint density at radius 1 is 1.35 bits per heavy atom. The van der Waals surface area contributed by atoms with Gasteiger partial charge in [0, 0.05) is 18.0 Å². The molecular formula is C15H18FN3O. The molecule has 106 valence electrons. The summed E-state index contributed by atoms with van der Waals surface area (Å²) < 4.78 is 19.1. The molecule has 1 saturated carbocycles. The third-order valence-electron chi connectivity index (χ3n) is 3.46. The van der Waals surface area contributed by atoms with Gasteiger partial charge in [-0.2, -0.15) is 0 Å². The Kier molecular flexibility index (Phi) is 3.78. The molecule has 0 spiro atoms. The molecule has 0 atom stereocenters. The van der Waals surface area contributed by atoms with E-state index in [1.54, 1.807) is 19.1 Å². The van der Waals surface area contributed by atoms with Crippen LogP contribution in [-0.4, -0.2) is 22.8 Å². The number of hydrogen-bond donors (Lipinski definition) is 1. The molecule has 3 rings (SSSR count). The molecule has 1 aromatic carbocycles. The van der Waals surface area contributed by atoms with E-state index in [0.717, 1.165) is 25.4 Å². The number of nitrogens with one attached hydrogen (secondary N) is 1. The van der Waals surface area contributed by atoms with Crippen LogP contribution < -0.4 is 5.32 Å². The van der Waals surface area contributed by atoms with Gasteiger partial charge >= 0.3 is 0 Å². The summed E-state index contributed by atoms with van der Waals surface area (Å²) in [6.45, 7) is 2.70. The van der Waals surface area contributed by atoms with Gasteiger partial charge in [-0.3, -0.25) is 0 Å². The summed E-state index contributed by atoms with van der Waals surface area (Å²) in [7, 11) is 0. The molecule has 0 radical (unpaired) electrons. The van der Waals surface area contributed by atoms with Crippen LogP contribution in [0.1, 0.15) is 30.7 Å². The summed E-state index contributed by atoms with van der Waals surface area (Å²) in [6.07, 6.45) is 4.31. The fourth-order valence-electron chi connectivity index (χ4n) is 2.03. The van der Waals surface area contributed by atoms with E-state index in [1.165, 1.54) is 18.9 Å². The molecule has 1 N–H and O–H groups in total. The number of aryl methyl sites for hydroxylation is 2. The molecule has 1 aliphatic rings. The van der Waals surface area contributed by atoms with Crippen molar-refractivity contribution in [3.05, 3.63) is 35.5 Å². The highest BCUT2D eigenvalue weighted by atomic mass is 19.1. The molecule has 5 heteroatoms. The van der Waals surface area contributed by atoms with Gasteiger partial charge in [0.1, 0.15) is 5.82 Å². The maximum absolute atomic E-state index is 13.5. The van der Waals surface area contributed by atoms with Crippen LogP contribution in [-0.2, 0) is 6.42 Å². The zero-order valence-electron chi connectivity index (χ0n) is 11.5. The fourth-order valence-corrected chi connectivity index (χ4v) is 2.03. The lowest BCUT2D eigenvalue weighted by Crippen LogP contribution is -2.17. The van der Waals surface area contributed by atoms with Gasteiger partial charge in [0.05, 0.1) is 0 Å². The fraction of sp³-hybridized carbons (Fsp3) is 0.467. The molecule has 0 unspecified atom stereocenters. The van der Waals surface area contributed by atoms with Gasteiger partial charge in [0.2, 0.25) is 11.8 Å². The zero-order valence-corrected chi connectivity index (χ0v) is 11.5. The Balaban J connectivity index is 1.58. The third-order valence-corrected chi connectivity index (χ3v) is 3.46. The van der Waals surface area contributed by atoms with E-state index in [2.05, 4.69) is 15.5 Å². The highest BCUT2D eigenvalue weighted by molar-refractivity contribution is 5.53. The SMILES string of the molecule is Cc1ccc(-c2nnc(CCCNC3CC3)o2)cc1F. The van der Waals surface area contributed by atoms with Crippen LogP contribution in [0.2, 0.25) is 0 Å². The minimum atomic E-state index is -0.254. The van der Waals surface area contributed by atoms with Crippen molar-refractivity contribution < 1.29 is 8.81 Å². The number of halogens is 1. The van der Waals surface area contributed by atoms with E-state index in [-0.39, 0.29) is 5.82 Å². The van der Waals surface area contributed by atoms with E-state index < -0.39 is 0 Å². The summed E-state index contributed by atoms with van der Waals surface area (Å²) >= 11 is 0. The van der Waals surface area contributed by atoms with Crippen LogP contribution in [0.3, 0.4) is 0 Å². The van der Waals surface area contributed by atoms with Crippen molar-refractivity contribution >= 4 is 0 Å². The Labute approximate surface area is 117 Å². The van der Waals surface area contributed by atoms with Crippen LogP contribution in [0.4, 0.5) is 4.39 Å². The van der Waals surface area contributed by atoms with Crippen LogP contribution in [0.15, 0.2) is 22.6 Å². The predicted octanol–water partition coefficient (Wildman–Crippen LogP) is 2.87. The van der Waals surface area contributed by atoms with Crippen LogP contribution in [0.5, 0.6) is 0 Å². The Hall–Kier alpha value is -1.75. The Bertz CT molecular complexity index is 593. The molecule has 0 aliphatic heterocycles. The molecule has 0 amide bonds. The molecule has 2 aromatic rings. The topological polar surface area (TPSA) is 51.0 Å². The average Bonchev–Trinajstić information content (AvgIpc) is 3.15. The highest BCUT2D eigenvalue weighted by Crippen LogP contribution is 2.21. The predicted molar refractivity (Wildman–Crippen MR) is 73.8 cm³/mol. The summed E-state index contributed by atoms with van der Waals surface area (Å²) in [5, 5.41) is 11.4. The van der Waals surface area contributed by atoms with Gasteiger partial charge in [0.15, 0.2) is 0 Å². The third kappa shape index (κ3) is 3.22. The molecule has 1 aromatic heterocycles. The van der Waals surface area contributed by atoms with Crippen molar-refractivity contribution in [2.24, 2.45) is 0 Å². The molecule has 4 nitrogen and oxygen atoms in total. The van der Waals surface area contributed by atoms with Crippen LogP contribution >= 0.6 is 0 Å². The second-order valence-corrected chi connectivity index (χ2v) is 5.30. The van der Waals surface area contributed by atoms with Crippen molar-refractivity contribution in [2.45, 2.75) is 38.6 Å². The molecule has 1 heterocycles. The molecular weight excluding hydrogens is 257 g/mol. The quantitative estimate of drug-likeness (QED) is 0.824. The second kappa shape index (κ2) is 5.71. The number of nitrogens with zero attached hydrogens (tertiary/aromatic N) is 2. The highest BCUT2D eigenvalue weighted by Gasteiger charge is 2.19. The van der Waals surface area contributed by atoms with Gasteiger partial charge in [-0.05, 0) is 50.4 Å². The van der Waals surface area contributed by atoms with E-state index in [0.29, 0.717) is 22.9 Å². The first-order chi connectivity index (χ1) is 9.72. The van der Waals surface area contributed by atoms with E-state index in [4.69, 9.17) is 4.42 Å². The van der Waals surface area contributed by atoms with Crippen LogP contribution in [0.25, 0.3) is 11.5 Å². The van der Waals surface area contributed by atoms with Gasteiger partial charge < -0.3 is 9.73 Å². The van der Waals surface area contributed by atoms with Gasteiger partial charge in [-0.25, -0.2) is 4.39 Å². The minimum Gasteiger partial charge on any atom is -0.421 e. The van der Waals surface area contributed by atoms with Crippen LogP contribution in [0, 0.1) is 12.7 Å². The monoisotopic (exact) mass is 275 g/mol. The van der Waals surface area contributed by atoms with Crippen molar-refractivity contribution in [1.82, 2.24) is 15.5 Å². The van der Waals surface area contributed by atoms with Crippen molar-refractivity contribution in [1.29, 1.82) is 0 Å². The summed E-state index contributed by atoms with van der Waals surface area (Å²) in [5.74, 6) is 0.739. The van der Waals surface area contributed by atoms with Gasteiger partial charge in [-0.15, -0.1) is 10.2 Å². The second-order valence-electron chi connectivity index (χ2n) is 5.30. The number of rotatable bonds is 6. The van der Waals surface area contributed by atoms with E-state index in [1.807, 2.05) is 0 Å². The van der Waals surface area contributed by atoms with Crippen molar-refractivity contribution in [3.8, 4) is 11.5 Å². The minimum absolute atomic E-state index is 0.254. The first-order valence-corrected chi connectivity index (χ1v) is 7.04. The lowest BCUT2D eigenvalue weighted by atomic mass is 10.1. The number of hydrogen-bond acceptors (Lipinski definition) is 4. The van der Waals surface area contributed by atoms with Gasteiger partial charge in [0.25, 0.3) is 0 Å². The molecule has 0 bridgehead atoms. The van der Waals surface area contributed by atoms with Crippen molar-refractivity contribution in [2.75, 3.05) is 6.54 Å². The average molecular weight is 275 g/mol. The lowest BCUT2D eigenvalue weighted by molar-refractivity contribution is 0.490. The maximum Gasteiger partial charge on any atom is 0.247 e. The Morgan fingerprint density at radius 2 is 2.20 bits per heavy atom. The Morgan fingerprint density at radius 3 is 2.95 bits per heavy atom. The molecule has 1 fully saturated rings. The molecule has 1 aliphatic carbocycles.